The number of hydrogen-bond acceptors (Lipinski definition) is 3. The lowest BCUT2D eigenvalue weighted by Gasteiger charge is -2.25. The van der Waals surface area contributed by atoms with Gasteiger partial charge in [0.15, 0.2) is 0 Å². The Balaban J connectivity index is 1.72. The van der Waals surface area contributed by atoms with Crippen LogP contribution < -0.4 is 10.6 Å². The number of anilines is 2. The summed E-state index contributed by atoms with van der Waals surface area (Å²) in [4.78, 5) is 1.90. The van der Waals surface area contributed by atoms with Crippen molar-refractivity contribution in [2.75, 3.05) is 4.90 Å². The number of benzene rings is 3. The molecule has 0 aliphatic rings. The van der Waals surface area contributed by atoms with E-state index in [0.717, 1.165) is 29.1 Å². The summed E-state index contributed by atoms with van der Waals surface area (Å²) < 4.78 is 16.7. The van der Waals surface area contributed by atoms with Gasteiger partial charge in [-0.1, -0.05) is 31.2 Å². The van der Waals surface area contributed by atoms with Gasteiger partial charge in [0.1, 0.15) is 11.7 Å². The summed E-state index contributed by atoms with van der Waals surface area (Å²) in [7, 11) is 0. The second-order valence-corrected chi connectivity index (χ2v) is 7.27. The number of halogens is 1. The van der Waals surface area contributed by atoms with Gasteiger partial charge in [-0.2, -0.15) is 5.10 Å². The van der Waals surface area contributed by atoms with Gasteiger partial charge in [0, 0.05) is 17.4 Å². The third kappa shape index (κ3) is 4.48. The molecule has 0 amide bonds. The highest BCUT2D eigenvalue weighted by molar-refractivity contribution is 5.95. The van der Waals surface area contributed by atoms with Crippen LogP contribution in [0.4, 0.5) is 15.8 Å². The Morgan fingerprint density at radius 2 is 1.77 bits per heavy atom. The van der Waals surface area contributed by atoms with Crippen LogP contribution in [0.15, 0.2) is 85.1 Å². The van der Waals surface area contributed by atoms with Gasteiger partial charge in [-0.15, -0.1) is 0 Å². The molecule has 0 aliphatic heterocycles. The van der Waals surface area contributed by atoms with Crippen LogP contribution in [0.2, 0.25) is 0 Å². The molecule has 0 radical (unpaired) electrons. The molecule has 3 aromatic carbocycles. The molecule has 0 bridgehead atoms. The van der Waals surface area contributed by atoms with Crippen LogP contribution in [0, 0.1) is 11.2 Å². The molecular weight excluding hydrogens is 389 g/mol. The molecule has 0 fully saturated rings. The maximum Gasteiger partial charge on any atom is 0.146 e. The summed E-state index contributed by atoms with van der Waals surface area (Å²) >= 11 is 0. The minimum atomic E-state index is -0.296. The Morgan fingerprint density at radius 1 is 1.03 bits per heavy atom. The fourth-order valence-electron chi connectivity index (χ4n) is 3.45. The van der Waals surface area contributed by atoms with E-state index in [4.69, 9.17) is 11.1 Å². The second kappa shape index (κ2) is 8.83. The lowest BCUT2D eigenvalue weighted by atomic mass is 10.1. The average Bonchev–Trinajstić information content (AvgIpc) is 3.27. The fourth-order valence-corrected chi connectivity index (χ4v) is 3.45. The number of nitrogen functional groups attached to an aromatic ring is 1. The zero-order valence-corrected chi connectivity index (χ0v) is 17.3. The van der Waals surface area contributed by atoms with E-state index in [0.29, 0.717) is 17.8 Å². The molecular formula is C25H24FN5. The summed E-state index contributed by atoms with van der Waals surface area (Å²) in [6.45, 7) is 2.44. The maximum absolute atomic E-state index is 14.9. The Kier molecular flexibility index (Phi) is 5.80. The Labute approximate surface area is 181 Å². The third-order valence-electron chi connectivity index (χ3n) is 5.18. The van der Waals surface area contributed by atoms with Crippen molar-refractivity contribution in [3.05, 3.63) is 108 Å². The van der Waals surface area contributed by atoms with Gasteiger partial charge < -0.3 is 10.6 Å². The Hall–Kier alpha value is -3.93. The largest absolute Gasteiger partial charge is 0.384 e. The maximum atomic E-state index is 14.9. The predicted molar refractivity (Wildman–Crippen MR) is 123 cm³/mol. The number of hydrogen-bond donors (Lipinski definition) is 2. The number of nitrogens with zero attached hydrogens (tertiary/aromatic N) is 3. The van der Waals surface area contributed by atoms with Crippen molar-refractivity contribution >= 4 is 17.2 Å². The summed E-state index contributed by atoms with van der Waals surface area (Å²) in [6, 6.07) is 24.2. The van der Waals surface area contributed by atoms with Crippen molar-refractivity contribution in [2.45, 2.75) is 19.9 Å². The molecule has 1 aromatic heterocycles. The molecule has 0 saturated heterocycles. The van der Waals surface area contributed by atoms with E-state index in [2.05, 4.69) is 5.10 Å². The highest BCUT2D eigenvalue weighted by Gasteiger charge is 2.17. The minimum absolute atomic E-state index is 0.00105. The topological polar surface area (TPSA) is 70.9 Å². The Morgan fingerprint density at radius 3 is 2.45 bits per heavy atom. The quantitative estimate of drug-likeness (QED) is 0.323. The van der Waals surface area contributed by atoms with Crippen molar-refractivity contribution in [3.8, 4) is 5.69 Å². The van der Waals surface area contributed by atoms with Crippen LogP contribution in [0.5, 0.6) is 0 Å². The summed E-state index contributed by atoms with van der Waals surface area (Å²) in [5, 5.41) is 12.3. The van der Waals surface area contributed by atoms with E-state index in [-0.39, 0.29) is 11.7 Å². The summed E-state index contributed by atoms with van der Waals surface area (Å²) in [6.07, 6.45) is 2.72. The molecule has 0 unspecified atom stereocenters. The molecule has 0 saturated carbocycles. The highest BCUT2D eigenvalue weighted by atomic mass is 19.1. The van der Waals surface area contributed by atoms with E-state index in [9.17, 15) is 4.39 Å². The van der Waals surface area contributed by atoms with Gasteiger partial charge >= 0.3 is 0 Å². The van der Waals surface area contributed by atoms with E-state index >= 15 is 0 Å². The van der Waals surface area contributed by atoms with Gasteiger partial charge in [0.05, 0.1) is 23.6 Å². The van der Waals surface area contributed by atoms with Crippen molar-refractivity contribution in [2.24, 2.45) is 5.73 Å². The van der Waals surface area contributed by atoms with Gasteiger partial charge in [-0.25, -0.2) is 9.07 Å². The molecule has 156 valence electrons. The lowest BCUT2D eigenvalue weighted by molar-refractivity contribution is 0.623. The second-order valence-electron chi connectivity index (χ2n) is 7.27. The molecule has 0 aliphatic carbocycles. The van der Waals surface area contributed by atoms with Crippen molar-refractivity contribution < 1.29 is 4.39 Å². The van der Waals surface area contributed by atoms with Crippen LogP contribution in [0.3, 0.4) is 0 Å². The number of para-hydroxylation sites is 1. The zero-order chi connectivity index (χ0) is 21.8. The first-order valence-electron chi connectivity index (χ1n) is 10.2. The highest BCUT2D eigenvalue weighted by Crippen LogP contribution is 2.31. The number of amidine groups is 1. The average molecular weight is 414 g/mol. The standard InChI is InChI=1S/C25H24FN5/c1-2-18-8-13-23(26)24(16-18)30(21-11-9-19(10-12-21)25(27)28)17-20-14-15-31(29-20)22-6-4-3-5-7-22/h3-16H,2,17H2,1H3,(H3,27,28). The molecule has 3 N–H and O–H groups in total. The molecule has 4 aromatic rings. The van der Waals surface area contributed by atoms with Gasteiger partial charge in [0.2, 0.25) is 0 Å². The SMILES string of the molecule is CCc1ccc(F)c(N(Cc2ccn(-c3ccccc3)n2)c2ccc(C(=N)N)cc2)c1. The zero-order valence-electron chi connectivity index (χ0n) is 17.3. The van der Waals surface area contributed by atoms with E-state index < -0.39 is 0 Å². The molecule has 0 atom stereocenters. The van der Waals surface area contributed by atoms with E-state index in [1.165, 1.54) is 6.07 Å². The monoisotopic (exact) mass is 413 g/mol. The van der Waals surface area contributed by atoms with Crippen LogP contribution >= 0.6 is 0 Å². The summed E-state index contributed by atoms with van der Waals surface area (Å²) in [5.41, 5.74) is 10.3. The normalized spacial score (nSPS) is 10.8. The van der Waals surface area contributed by atoms with Crippen molar-refractivity contribution in [1.29, 1.82) is 5.41 Å². The molecule has 31 heavy (non-hydrogen) atoms. The smallest absolute Gasteiger partial charge is 0.146 e. The number of nitrogens with one attached hydrogen (secondary N) is 1. The minimum Gasteiger partial charge on any atom is -0.384 e. The van der Waals surface area contributed by atoms with E-state index in [1.54, 1.807) is 18.2 Å². The number of nitrogens with two attached hydrogens (primary N) is 1. The first kappa shape index (κ1) is 20.3. The van der Waals surface area contributed by atoms with Crippen LogP contribution in [0.25, 0.3) is 5.69 Å². The van der Waals surface area contributed by atoms with E-state index in [1.807, 2.05) is 77.3 Å². The first-order chi connectivity index (χ1) is 15.0. The van der Waals surface area contributed by atoms with Gasteiger partial charge in [0.25, 0.3) is 0 Å². The fraction of sp³-hybridized carbons (Fsp3) is 0.120. The van der Waals surface area contributed by atoms with Crippen LogP contribution in [0.1, 0.15) is 23.7 Å². The third-order valence-corrected chi connectivity index (χ3v) is 5.18. The number of aromatic nitrogens is 2. The molecule has 5 nitrogen and oxygen atoms in total. The molecule has 6 heteroatoms. The van der Waals surface area contributed by atoms with Crippen LogP contribution in [-0.4, -0.2) is 15.6 Å². The Bertz CT molecular complexity index is 1180. The van der Waals surface area contributed by atoms with Crippen LogP contribution in [-0.2, 0) is 13.0 Å². The molecule has 4 rings (SSSR count). The van der Waals surface area contributed by atoms with Gasteiger partial charge in [-0.05, 0) is 66.6 Å². The first-order valence-corrected chi connectivity index (χ1v) is 10.2. The number of rotatable bonds is 7. The van der Waals surface area contributed by atoms with Crippen molar-refractivity contribution in [3.63, 3.8) is 0 Å². The summed E-state index contributed by atoms with van der Waals surface area (Å²) in [5.74, 6) is -0.297. The molecule has 0 spiro atoms. The predicted octanol–water partition coefficient (Wildman–Crippen LogP) is 5.20. The van der Waals surface area contributed by atoms with Crippen molar-refractivity contribution in [1.82, 2.24) is 9.78 Å². The number of aryl methyl sites for hydroxylation is 1. The lowest BCUT2D eigenvalue weighted by Crippen LogP contribution is -2.19. The molecule has 1 heterocycles. The van der Waals surface area contributed by atoms with Gasteiger partial charge in [-0.3, -0.25) is 5.41 Å².